The molecule has 0 bridgehead atoms. The fourth-order valence-electron chi connectivity index (χ4n) is 5.05. The topological polar surface area (TPSA) is 33.7 Å². The van der Waals surface area contributed by atoms with Gasteiger partial charge in [0.1, 0.15) is 12.0 Å². The second-order valence-electron chi connectivity index (χ2n) is 8.94. The molecular weight excluding hydrogens is 454 g/mol. The van der Waals surface area contributed by atoms with Crippen LogP contribution in [-0.2, 0) is 0 Å². The molecule has 0 atom stereocenters. The Labute approximate surface area is 214 Å². The van der Waals surface area contributed by atoms with Crippen molar-refractivity contribution in [3.63, 3.8) is 0 Å². The zero-order chi connectivity index (χ0) is 24.6. The molecule has 0 aliphatic heterocycles. The van der Waals surface area contributed by atoms with Crippen molar-refractivity contribution in [2.24, 2.45) is 0 Å². The first-order valence-electron chi connectivity index (χ1n) is 12.3. The van der Waals surface area contributed by atoms with Gasteiger partial charge in [-0.2, -0.15) is 4.98 Å². The van der Waals surface area contributed by atoms with Crippen molar-refractivity contribution in [2.45, 2.75) is 0 Å². The Bertz CT molecular complexity index is 1770. The lowest BCUT2D eigenvalue weighted by molar-refractivity contribution is 0.596. The molecular formula is C33H23N3O. The number of benzene rings is 5. The molecule has 176 valence electrons. The van der Waals surface area contributed by atoms with Crippen molar-refractivity contribution in [3.05, 3.63) is 140 Å². The van der Waals surface area contributed by atoms with Crippen LogP contribution in [0.3, 0.4) is 0 Å². The summed E-state index contributed by atoms with van der Waals surface area (Å²) in [6.07, 6.45) is 3.61. The van der Waals surface area contributed by atoms with Crippen molar-refractivity contribution in [3.8, 4) is 22.5 Å². The number of hydrogen-bond donors (Lipinski definition) is 0. The number of anilines is 3. The van der Waals surface area contributed by atoms with Gasteiger partial charge in [-0.1, -0.05) is 91.0 Å². The second kappa shape index (κ2) is 8.85. The van der Waals surface area contributed by atoms with Crippen LogP contribution in [0.2, 0.25) is 0 Å². The molecule has 37 heavy (non-hydrogen) atoms. The maximum atomic E-state index is 5.72. The first-order chi connectivity index (χ1) is 18.4. The third kappa shape index (κ3) is 3.67. The number of rotatable bonds is 5. The molecule has 5 aromatic carbocycles. The monoisotopic (exact) mass is 477 g/mol. The van der Waals surface area contributed by atoms with Crippen LogP contribution < -0.4 is 4.90 Å². The smallest absolute Gasteiger partial charge is 0.306 e. The first-order valence-corrected chi connectivity index (χ1v) is 12.3. The summed E-state index contributed by atoms with van der Waals surface area (Å²) in [6, 6.07) is 44.3. The van der Waals surface area contributed by atoms with E-state index in [-0.39, 0.29) is 0 Å². The molecule has 2 aromatic heterocycles. The third-order valence-electron chi connectivity index (χ3n) is 6.73. The molecule has 0 saturated carbocycles. The van der Waals surface area contributed by atoms with Gasteiger partial charge in [-0.25, -0.2) is 0 Å². The summed E-state index contributed by atoms with van der Waals surface area (Å²) >= 11 is 0. The summed E-state index contributed by atoms with van der Waals surface area (Å²) in [5, 5.41) is 2.36. The highest BCUT2D eigenvalue weighted by atomic mass is 16.3. The first kappa shape index (κ1) is 21.2. The van der Waals surface area contributed by atoms with Crippen LogP contribution in [0.1, 0.15) is 0 Å². The van der Waals surface area contributed by atoms with Crippen molar-refractivity contribution in [2.75, 3.05) is 4.90 Å². The molecule has 7 aromatic rings. The lowest BCUT2D eigenvalue weighted by atomic mass is 9.98. The van der Waals surface area contributed by atoms with E-state index >= 15 is 0 Å². The molecule has 4 heteroatoms. The number of fused-ring (bicyclic) bond motifs is 2. The fraction of sp³-hybridized carbons (Fsp3) is 0. The minimum absolute atomic E-state index is 0.581. The number of nitrogens with zero attached hydrogens (tertiary/aromatic N) is 3. The zero-order valence-corrected chi connectivity index (χ0v) is 20.0. The van der Waals surface area contributed by atoms with Crippen LogP contribution in [0.15, 0.2) is 144 Å². The Morgan fingerprint density at radius 3 is 1.95 bits per heavy atom. The fourth-order valence-corrected chi connectivity index (χ4v) is 5.05. The third-order valence-corrected chi connectivity index (χ3v) is 6.73. The molecule has 0 N–H and O–H groups in total. The summed E-state index contributed by atoms with van der Waals surface area (Å²) in [4.78, 5) is 7.17. The van der Waals surface area contributed by atoms with Crippen molar-refractivity contribution >= 4 is 33.7 Å². The number of hydrogen-bond acceptors (Lipinski definition) is 3. The molecule has 0 unspecified atom stereocenters. The van der Waals surface area contributed by atoms with Crippen molar-refractivity contribution < 1.29 is 4.42 Å². The lowest BCUT2D eigenvalue weighted by Crippen LogP contribution is -2.09. The molecule has 2 heterocycles. The van der Waals surface area contributed by atoms with Crippen LogP contribution in [0.25, 0.3) is 39.1 Å². The normalized spacial score (nSPS) is 11.2. The van der Waals surface area contributed by atoms with E-state index in [1.807, 2.05) is 22.7 Å². The number of para-hydroxylation sites is 2. The predicted octanol–water partition coefficient (Wildman–Crippen LogP) is 8.88. The van der Waals surface area contributed by atoms with Gasteiger partial charge >= 0.3 is 5.84 Å². The van der Waals surface area contributed by atoms with E-state index in [9.17, 15) is 0 Å². The molecule has 0 radical (unpaired) electrons. The van der Waals surface area contributed by atoms with Crippen molar-refractivity contribution in [1.29, 1.82) is 0 Å². The van der Waals surface area contributed by atoms with E-state index in [4.69, 9.17) is 9.40 Å². The highest BCUT2D eigenvalue weighted by Crippen LogP contribution is 2.39. The molecule has 4 nitrogen and oxygen atoms in total. The molecule has 0 amide bonds. The quantitative estimate of drug-likeness (QED) is 0.248. The van der Waals surface area contributed by atoms with Gasteiger partial charge in [0.15, 0.2) is 0 Å². The van der Waals surface area contributed by atoms with Gasteiger partial charge in [-0.15, -0.1) is 0 Å². The van der Waals surface area contributed by atoms with Gasteiger partial charge in [0, 0.05) is 34.4 Å². The summed E-state index contributed by atoms with van der Waals surface area (Å²) in [5.74, 6) is 0.581. The van der Waals surface area contributed by atoms with E-state index < -0.39 is 0 Å². The van der Waals surface area contributed by atoms with E-state index in [2.05, 4.69) is 120 Å². The summed E-state index contributed by atoms with van der Waals surface area (Å²) in [6.45, 7) is 0. The Balaban J connectivity index is 1.38. The maximum Gasteiger partial charge on any atom is 0.306 e. The zero-order valence-electron chi connectivity index (χ0n) is 20.0. The molecule has 0 aliphatic rings. The summed E-state index contributed by atoms with van der Waals surface area (Å²) in [7, 11) is 0. The van der Waals surface area contributed by atoms with Crippen LogP contribution >= 0.6 is 0 Å². The Morgan fingerprint density at radius 1 is 0.595 bits per heavy atom. The minimum atomic E-state index is 0.581. The standard InChI is InChI=1S/C33H23N3O/c1-3-12-26(13-4-1)36(27-14-5-2-6-15-27)28-20-18-25(19-21-28)32-31(34-33-35(32)22-23-37-33)30-17-9-11-24-10-7-8-16-29(24)30/h1-23H. The lowest BCUT2D eigenvalue weighted by Gasteiger charge is -2.25. The molecule has 7 rings (SSSR count). The Kier molecular flexibility index (Phi) is 5.07. The Morgan fingerprint density at radius 2 is 1.22 bits per heavy atom. The van der Waals surface area contributed by atoms with Gasteiger partial charge in [0.25, 0.3) is 0 Å². The predicted molar refractivity (Wildman–Crippen MR) is 151 cm³/mol. The van der Waals surface area contributed by atoms with Gasteiger partial charge in [0.2, 0.25) is 0 Å². The van der Waals surface area contributed by atoms with Crippen LogP contribution in [0.4, 0.5) is 17.1 Å². The molecule has 0 aliphatic carbocycles. The van der Waals surface area contributed by atoms with E-state index in [1.165, 1.54) is 10.8 Å². The van der Waals surface area contributed by atoms with Gasteiger partial charge < -0.3 is 9.32 Å². The SMILES string of the molecule is c1ccc(N(c2ccccc2)c2ccc(-c3c(-c4cccc5ccccc45)nc4occn34)cc2)cc1. The highest BCUT2D eigenvalue weighted by Gasteiger charge is 2.20. The van der Waals surface area contributed by atoms with Gasteiger partial charge in [0.05, 0.1) is 5.69 Å². The summed E-state index contributed by atoms with van der Waals surface area (Å²) in [5.41, 5.74) is 7.39. The molecule has 0 fully saturated rings. The average Bonchev–Trinajstić information content (AvgIpc) is 3.56. The number of oxazole rings is 1. The number of imidazole rings is 1. The van der Waals surface area contributed by atoms with E-state index in [0.717, 1.165) is 39.6 Å². The molecule has 0 saturated heterocycles. The van der Waals surface area contributed by atoms with Crippen molar-refractivity contribution in [1.82, 2.24) is 9.38 Å². The van der Waals surface area contributed by atoms with Crippen LogP contribution in [0.5, 0.6) is 0 Å². The van der Waals surface area contributed by atoms with E-state index in [1.54, 1.807) is 6.26 Å². The Hall–Kier alpha value is -5.09. The minimum Gasteiger partial charge on any atom is -0.432 e. The maximum absolute atomic E-state index is 5.72. The van der Waals surface area contributed by atoms with Crippen LogP contribution in [-0.4, -0.2) is 9.38 Å². The van der Waals surface area contributed by atoms with Gasteiger partial charge in [-0.05, 0) is 47.2 Å². The average molecular weight is 478 g/mol. The second-order valence-corrected chi connectivity index (χ2v) is 8.94. The summed E-state index contributed by atoms with van der Waals surface area (Å²) < 4.78 is 7.74. The number of aromatic nitrogens is 2. The largest absolute Gasteiger partial charge is 0.432 e. The molecule has 0 spiro atoms. The van der Waals surface area contributed by atoms with E-state index in [0.29, 0.717) is 5.84 Å². The van der Waals surface area contributed by atoms with Crippen LogP contribution in [0, 0.1) is 0 Å². The highest BCUT2D eigenvalue weighted by molar-refractivity contribution is 5.99. The van der Waals surface area contributed by atoms with Gasteiger partial charge in [-0.3, -0.25) is 4.40 Å².